The average Bonchev–Trinajstić information content (AvgIpc) is 3.21. The fraction of sp³-hybridized carbons (Fsp3) is 0.312. The summed E-state index contributed by atoms with van der Waals surface area (Å²) in [7, 11) is 1.62. The molecule has 0 bridgehead atoms. The van der Waals surface area contributed by atoms with E-state index in [2.05, 4.69) is 10.3 Å². The van der Waals surface area contributed by atoms with Crippen molar-refractivity contribution >= 4 is 5.82 Å². The minimum absolute atomic E-state index is 0.309. The first-order chi connectivity index (χ1) is 19.2. The third-order valence-corrected chi connectivity index (χ3v) is 7.96. The highest BCUT2D eigenvalue weighted by molar-refractivity contribution is 5.58. The van der Waals surface area contributed by atoms with Gasteiger partial charge >= 0.3 is 5.69 Å². The SMILES string of the molecule is COc1ccc(C(Nc2ccn([C@@H]3O[C@H]([C@H](C)O)[C@@H](C)[C@@]3(C)F)c(=O)n2)(c2ccccc2)c2ccccc2)cc1. The van der Waals surface area contributed by atoms with Gasteiger partial charge in [0.05, 0.1) is 19.3 Å². The topological polar surface area (TPSA) is 85.6 Å². The lowest BCUT2D eigenvalue weighted by Crippen LogP contribution is -2.41. The molecule has 208 valence electrons. The Morgan fingerprint density at radius 3 is 2.02 bits per heavy atom. The Bertz CT molecular complexity index is 1450. The van der Waals surface area contributed by atoms with Crippen LogP contribution < -0.4 is 15.7 Å². The number of rotatable bonds is 8. The Morgan fingerprint density at radius 1 is 1.00 bits per heavy atom. The number of ether oxygens (including phenoxy) is 2. The normalized spacial score (nSPS) is 23.5. The zero-order chi connectivity index (χ0) is 28.5. The molecule has 3 aromatic carbocycles. The van der Waals surface area contributed by atoms with E-state index in [1.54, 1.807) is 27.0 Å². The average molecular weight is 544 g/mol. The highest BCUT2D eigenvalue weighted by atomic mass is 19.1. The Kier molecular flexibility index (Phi) is 7.49. The minimum atomic E-state index is -1.89. The summed E-state index contributed by atoms with van der Waals surface area (Å²) in [5, 5.41) is 13.7. The van der Waals surface area contributed by atoms with Crippen molar-refractivity contribution in [2.75, 3.05) is 12.4 Å². The number of benzene rings is 3. The summed E-state index contributed by atoms with van der Waals surface area (Å²) in [4.78, 5) is 17.7. The molecule has 1 aliphatic rings. The monoisotopic (exact) mass is 543 g/mol. The van der Waals surface area contributed by atoms with Crippen molar-refractivity contribution in [2.45, 2.75) is 50.4 Å². The molecular weight excluding hydrogens is 509 g/mol. The second kappa shape index (κ2) is 10.9. The van der Waals surface area contributed by atoms with Crippen molar-refractivity contribution < 1.29 is 19.0 Å². The maximum atomic E-state index is 15.8. The molecule has 4 aromatic rings. The van der Waals surface area contributed by atoms with E-state index in [0.29, 0.717) is 5.82 Å². The molecule has 2 heterocycles. The standard InChI is InChI=1S/C32H34FN3O4/c1-21-28(22(2)37)40-29(31(21,3)33)36-20-19-27(34-30(36)38)35-32(23-11-7-5-8-12-23,24-13-9-6-10-14-24)25-15-17-26(39-4)18-16-25/h5-22,28-29,37H,1-4H3,(H,34,35,38)/t21-,22+,28+,29-,31-/m1/s1. The van der Waals surface area contributed by atoms with E-state index in [-0.39, 0.29) is 0 Å². The number of anilines is 1. The number of aliphatic hydroxyl groups is 1. The minimum Gasteiger partial charge on any atom is -0.497 e. The third-order valence-electron chi connectivity index (χ3n) is 7.96. The van der Waals surface area contributed by atoms with Gasteiger partial charge in [-0.05, 0) is 48.7 Å². The van der Waals surface area contributed by atoms with Gasteiger partial charge < -0.3 is 19.9 Å². The second-order valence-electron chi connectivity index (χ2n) is 10.5. The third kappa shape index (κ3) is 4.78. The molecule has 5 rings (SSSR count). The van der Waals surface area contributed by atoms with Gasteiger partial charge in [-0.1, -0.05) is 79.7 Å². The van der Waals surface area contributed by atoms with Crippen molar-refractivity contribution in [3.63, 3.8) is 0 Å². The Labute approximate surface area is 233 Å². The summed E-state index contributed by atoms with van der Waals surface area (Å²) in [6, 6.07) is 29.2. The van der Waals surface area contributed by atoms with Gasteiger partial charge in [-0.3, -0.25) is 4.57 Å². The van der Waals surface area contributed by atoms with E-state index in [0.717, 1.165) is 27.0 Å². The van der Waals surface area contributed by atoms with Crippen LogP contribution in [-0.4, -0.2) is 39.6 Å². The number of alkyl halides is 1. The number of aromatic nitrogens is 2. The first kappa shape index (κ1) is 27.6. The lowest BCUT2D eigenvalue weighted by Gasteiger charge is -2.37. The Morgan fingerprint density at radius 2 is 1.55 bits per heavy atom. The van der Waals surface area contributed by atoms with Gasteiger partial charge in [0.2, 0.25) is 0 Å². The first-order valence-electron chi connectivity index (χ1n) is 13.3. The molecule has 1 aromatic heterocycles. The van der Waals surface area contributed by atoms with E-state index in [4.69, 9.17) is 9.47 Å². The number of nitrogens with zero attached hydrogens (tertiary/aromatic N) is 2. The Hall–Kier alpha value is -4.01. The molecule has 0 amide bonds. The van der Waals surface area contributed by atoms with Crippen LogP contribution in [0, 0.1) is 5.92 Å². The maximum absolute atomic E-state index is 15.8. The van der Waals surface area contributed by atoms with Gasteiger partial charge in [-0.2, -0.15) is 4.98 Å². The fourth-order valence-electron chi connectivity index (χ4n) is 5.60. The van der Waals surface area contributed by atoms with Gasteiger partial charge in [0.1, 0.15) is 17.1 Å². The molecule has 1 saturated heterocycles. The van der Waals surface area contributed by atoms with Crippen LogP contribution in [0.1, 0.15) is 43.7 Å². The van der Waals surface area contributed by atoms with Gasteiger partial charge in [-0.15, -0.1) is 0 Å². The molecule has 0 unspecified atom stereocenters. The number of hydrogen-bond donors (Lipinski definition) is 2. The van der Waals surface area contributed by atoms with E-state index < -0.39 is 41.3 Å². The first-order valence-corrected chi connectivity index (χ1v) is 13.3. The van der Waals surface area contributed by atoms with Crippen LogP contribution in [0.15, 0.2) is 102 Å². The zero-order valence-corrected chi connectivity index (χ0v) is 23.0. The predicted octanol–water partition coefficient (Wildman–Crippen LogP) is 5.30. The van der Waals surface area contributed by atoms with Crippen LogP contribution in [0.4, 0.5) is 10.2 Å². The Balaban J connectivity index is 1.62. The molecule has 0 spiro atoms. The van der Waals surface area contributed by atoms with Crippen LogP contribution in [0.2, 0.25) is 0 Å². The quantitative estimate of drug-likeness (QED) is 0.294. The molecule has 40 heavy (non-hydrogen) atoms. The maximum Gasteiger partial charge on any atom is 0.351 e. The summed E-state index contributed by atoms with van der Waals surface area (Å²) >= 11 is 0. The molecule has 8 heteroatoms. The van der Waals surface area contributed by atoms with E-state index >= 15 is 4.39 Å². The number of nitrogens with one attached hydrogen (secondary N) is 1. The van der Waals surface area contributed by atoms with Crippen molar-refractivity contribution in [2.24, 2.45) is 5.92 Å². The molecule has 1 fully saturated rings. The number of halogens is 1. The van der Waals surface area contributed by atoms with Crippen LogP contribution in [0.3, 0.4) is 0 Å². The van der Waals surface area contributed by atoms with Gasteiger partial charge in [0.25, 0.3) is 0 Å². The zero-order valence-electron chi connectivity index (χ0n) is 23.0. The van der Waals surface area contributed by atoms with Crippen LogP contribution >= 0.6 is 0 Å². The number of methoxy groups -OCH3 is 1. The van der Waals surface area contributed by atoms with Crippen molar-refractivity contribution in [1.82, 2.24) is 9.55 Å². The summed E-state index contributed by atoms with van der Waals surface area (Å²) < 4.78 is 28.2. The summed E-state index contributed by atoms with van der Waals surface area (Å²) in [5.74, 6) is 0.402. The largest absolute Gasteiger partial charge is 0.497 e. The smallest absolute Gasteiger partial charge is 0.351 e. The highest BCUT2D eigenvalue weighted by Gasteiger charge is 2.54. The molecular formula is C32H34FN3O4. The van der Waals surface area contributed by atoms with Crippen LogP contribution in [0.5, 0.6) is 5.75 Å². The van der Waals surface area contributed by atoms with Crippen molar-refractivity contribution in [1.29, 1.82) is 0 Å². The number of aliphatic hydroxyl groups excluding tert-OH is 1. The van der Waals surface area contributed by atoms with Gasteiger partial charge in [-0.25, -0.2) is 9.18 Å². The van der Waals surface area contributed by atoms with E-state index in [9.17, 15) is 9.90 Å². The molecule has 7 nitrogen and oxygen atoms in total. The van der Waals surface area contributed by atoms with E-state index in [1.807, 2.05) is 84.9 Å². The van der Waals surface area contributed by atoms with Gasteiger partial charge in [0.15, 0.2) is 11.9 Å². The van der Waals surface area contributed by atoms with E-state index in [1.165, 1.54) is 13.1 Å². The van der Waals surface area contributed by atoms with Gasteiger partial charge in [0, 0.05) is 12.1 Å². The summed E-state index contributed by atoms with van der Waals surface area (Å²) in [6.45, 7) is 4.62. The lowest BCUT2D eigenvalue weighted by atomic mass is 9.77. The fourth-order valence-corrected chi connectivity index (χ4v) is 5.60. The van der Waals surface area contributed by atoms with Crippen molar-refractivity contribution in [3.05, 3.63) is 124 Å². The molecule has 0 radical (unpaired) electrons. The molecule has 0 saturated carbocycles. The number of hydrogen-bond acceptors (Lipinski definition) is 6. The molecule has 5 atom stereocenters. The molecule has 1 aliphatic heterocycles. The van der Waals surface area contributed by atoms with Crippen molar-refractivity contribution in [3.8, 4) is 5.75 Å². The summed E-state index contributed by atoms with van der Waals surface area (Å²) in [6.07, 6.45) is -1.36. The highest BCUT2D eigenvalue weighted by Crippen LogP contribution is 2.46. The second-order valence-corrected chi connectivity index (χ2v) is 10.5. The predicted molar refractivity (Wildman–Crippen MR) is 152 cm³/mol. The summed E-state index contributed by atoms with van der Waals surface area (Å²) in [5.41, 5.74) is -0.709. The van der Waals surface area contributed by atoms with Crippen LogP contribution in [-0.2, 0) is 10.3 Å². The molecule has 0 aliphatic carbocycles. The lowest BCUT2D eigenvalue weighted by molar-refractivity contribution is -0.0798. The van der Waals surface area contributed by atoms with Crippen LogP contribution in [0.25, 0.3) is 0 Å². The molecule has 2 N–H and O–H groups in total.